The highest BCUT2D eigenvalue weighted by molar-refractivity contribution is 5.94. The molecule has 92 valence electrons. The molecular formula is C12H15FN2O2. The van der Waals surface area contributed by atoms with E-state index in [2.05, 4.69) is 0 Å². The summed E-state index contributed by atoms with van der Waals surface area (Å²) in [5, 5.41) is 0. The van der Waals surface area contributed by atoms with Crippen molar-refractivity contribution in [3.05, 3.63) is 29.6 Å². The van der Waals surface area contributed by atoms with E-state index < -0.39 is 5.82 Å². The quantitative estimate of drug-likeness (QED) is 0.836. The summed E-state index contributed by atoms with van der Waals surface area (Å²) in [6.07, 6.45) is 0.767. The average molecular weight is 238 g/mol. The fraction of sp³-hybridized carbons (Fsp3) is 0.417. The Hall–Kier alpha value is -1.62. The lowest BCUT2D eigenvalue weighted by Gasteiger charge is -2.16. The maximum absolute atomic E-state index is 13.7. The van der Waals surface area contributed by atoms with E-state index >= 15 is 0 Å². The fourth-order valence-corrected chi connectivity index (χ4v) is 1.94. The third kappa shape index (κ3) is 2.39. The van der Waals surface area contributed by atoms with Gasteiger partial charge < -0.3 is 15.4 Å². The van der Waals surface area contributed by atoms with Crippen molar-refractivity contribution in [3.8, 4) is 5.75 Å². The molecule has 1 aromatic carbocycles. The molecule has 1 aromatic rings. The molecule has 0 bridgehead atoms. The van der Waals surface area contributed by atoms with E-state index in [4.69, 9.17) is 10.5 Å². The molecule has 1 fully saturated rings. The van der Waals surface area contributed by atoms with Crippen LogP contribution in [0.1, 0.15) is 16.8 Å². The van der Waals surface area contributed by atoms with E-state index in [0.717, 1.165) is 6.42 Å². The number of hydrogen-bond acceptors (Lipinski definition) is 3. The summed E-state index contributed by atoms with van der Waals surface area (Å²) in [5.74, 6) is -0.468. The van der Waals surface area contributed by atoms with Gasteiger partial charge in [-0.15, -0.1) is 0 Å². The molecule has 1 saturated heterocycles. The van der Waals surface area contributed by atoms with Crippen molar-refractivity contribution in [2.24, 2.45) is 5.73 Å². The van der Waals surface area contributed by atoms with E-state index in [1.165, 1.54) is 19.2 Å². The molecule has 17 heavy (non-hydrogen) atoms. The molecule has 5 heteroatoms. The van der Waals surface area contributed by atoms with Gasteiger partial charge in [-0.2, -0.15) is 0 Å². The third-order valence-electron chi connectivity index (χ3n) is 2.92. The Morgan fingerprint density at radius 3 is 2.88 bits per heavy atom. The zero-order valence-electron chi connectivity index (χ0n) is 9.65. The molecule has 1 heterocycles. The summed E-state index contributed by atoms with van der Waals surface area (Å²) in [6.45, 7) is 1.08. The second kappa shape index (κ2) is 4.71. The van der Waals surface area contributed by atoms with Crippen LogP contribution in [-0.2, 0) is 0 Å². The van der Waals surface area contributed by atoms with Crippen LogP contribution in [0.2, 0.25) is 0 Å². The first kappa shape index (κ1) is 11.9. The maximum Gasteiger partial charge on any atom is 0.256 e. The Morgan fingerprint density at radius 2 is 2.35 bits per heavy atom. The van der Waals surface area contributed by atoms with Crippen molar-refractivity contribution in [1.29, 1.82) is 0 Å². The fourth-order valence-electron chi connectivity index (χ4n) is 1.94. The van der Waals surface area contributed by atoms with E-state index in [9.17, 15) is 9.18 Å². The molecule has 4 nitrogen and oxygen atoms in total. The molecule has 1 amide bonds. The van der Waals surface area contributed by atoms with Crippen LogP contribution < -0.4 is 10.5 Å². The first-order valence-corrected chi connectivity index (χ1v) is 5.50. The molecule has 2 rings (SSSR count). The first-order chi connectivity index (χ1) is 8.11. The van der Waals surface area contributed by atoms with Gasteiger partial charge >= 0.3 is 0 Å². The minimum atomic E-state index is -0.560. The van der Waals surface area contributed by atoms with E-state index in [0.29, 0.717) is 18.8 Å². The van der Waals surface area contributed by atoms with Crippen molar-refractivity contribution in [3.63, 3.8) is 0 Å². The molecule has 0 aliphatic carbocycles. The highest BCUT2D eigenvalue weighted by Gasteiger charge is 2.26. The molecule has 1 atom stereocenters. The van der Waals surface area contributed by atoms with Crippen molar-refractivity contribution >= 4 is 5.91 Å². The van der Waals surface area contributed by atoms with Crippen LogP contribution in [0.4, 0.5) is 4.39 Å². The number of methoxy groups -OCH3 is 1. The van der Waals surface area contributed by atoms with Crippen LogP contribution in [0.25, 0.3) is 0 Å². The van der Waals surface area contributed by atoms with Crippen molar-refractivity contribution in [1.82, 2.24) is 4.90 Å². The van der Waals surface area contributed by atoms with Gasteiger partial charge in [0.15, 0.2) is 0 Å². The largest absolute Gasteiger partial charge is 0.497 e. The number of carbonyl (C=O) groups is 1. The summed E-state index contributed by atoms with van der Waals surface area (Å²) < 4.78 is 18.6. The average Bonchev–Trinajstić information content (AvgIpc) is 2.75. The van der Waals surface area contributed by atoms with Crippen LogP contribution in [0.5, 0.6) is 5.75 Å². The Morgan fingerprint density at radius 1 is 1.59 bits per heavy atom. The minimum absolute atomic E-state index is 0.000240. The first-order valence-electron chi connectivity index (χ1n) is 5.50. The van der Waals surface area contributed by atoms with Crippen molar-refractivity contribution in [2.75, 3.05) is 20.2 Å². The Balaban J connectivity index is 2.19. The molecule has 1 aliphatic heterocycles. The number of halogens is 1. The van der Waals surface area contributed by atoms with Gasteiger partial charge in [-0.05, 0) is 18.6 Å². The number of amides is 1. The third-order valence-corrected chi connectivity index (χ3v) is 2.92. The molecule has 0 saturated carbocycles. The second-order valence-electron chi connectivity index (χ2n) is 4.15. The molecule has 2 N–H and O–H groups in total. The lowest BCUT2D eigenvalue weighted by atomic mass is 10.2. The number of hydrogen-bond donors (Lipinski definition) is 1. The molecule has 0 unspecified atom stereocenters. The number of rotatable bonds is 2. The van der Waals surface area contributed by atoms with Crippen LogP contribution in [-0.4, -0.2) is 37.0 Å². The summed E-state index contributed by atoms with van der Waals surface area (Å²) in [5.41, 5.74) is 5.79. The van der Waals surface area contributed by atoms with Gasteiger partial charge in [0.05, 0.1) is 12.7 Å². The Bertz CT molecular complexity index is 437. The van der Waals surface area contributed by atoms with Gasteiger partial charge in [-0.25, -0.2) is 4.39 Å². The molecule has 0 aromatic heterocycles. The van der Waals surface area contributed by atoms with E-state index in [1.807, 2.05) is 0 Å². The summed E-state index contributed by atoms with van der Waals surface area (Å²) in [6, 6.07) is 4.23. The highest BCUT2D eigenvalue weighted by atomic mass is 19.1. The van der Waals surface area contributed by atoms with Gasteiger partial charge in [-0.3, -0.25) is 4.79 Å². The number of nitrogens with two attached hydrogens (primary N) is 1. The maximum atomic E-state index is 13.7. The van der Waals surface area contributed by atoms with Crippen LogP contribution >= 0.6 is 0 Å². The monoisotopic (exact) mass is 238 g/mol. The predicted molar refractivity (Wildman–Crippen MR) is 61.4 cm³/mol. The minimum Gasteiger partial charge on any atom is -0.497 e. The lowest BCUT2D eigenvalue weighted by molar-refractivity contribution is 0.0786. The number of ether oxygens (including phenoxy) is 1. The second-order valence-corrected chi connectivity index (χ2v) is 4.15. The van der Waals surface area contributed by atoms with Gasteiger partial charge in [-0.1, -0.05) is 0 Å². The van der Waals surface area contributed by atoms with E-state index in [1.54, 1.807) is 11.0 Å². The highest BCUT2D eigenvalue weighted by Crippen LogP contribution is 2.19. The smallest absolute Gasteiger partial charge is 0.256 e. The Labute approximate surface area is 99.2 Å². The Kier molecular flexibility index (Phi) is 3.28. The number of benzene rings is 1. The summed E-state index contributed by atoms with van der Waals surface area (Å²) in [7, 11) is 1.45. The SMILES string of the molecule is COc1ccc(C(=O)N2CC[C@H](N)C2)c(F)c1. The topological polar surface area (TPSA) is 55.6 Å². The zero-order valence-corrected chi connectivity index (χ0v) is 9.65. The van der Waals surface area contributed by atoms with Gasteiger partial charge in [0.2, 0.25) is 0 Å². The van der Waals surface area contributed by atoms with E-state index in [-0.39, 0.29) is 17.5 Å². The summed E-state index contributed by atoms with van der Waals surface area (Å²) in [4.78, 5) is 13.6. The lowest BCUT2D eigenvalue weighted by Crippen LogP contribution is -2.32. The normalized spacial score (nSPS) is 19.5. The number of likely N-dealkylation sites (tertiary alicyclic amines) is 1. The number of carbonyl (C=O) groups excluding carboxylic acids is 1. The van der Waals surface area contributed by atoms with Gasteiger partial charge in [0, 0.05) is 25.2 Å². The van der Waals surface area contributed by atoms with Crippen LogP contribution in [0, 0.1) is 5.82 Å². The van der Waals surface area contributed by atoms with Crippen molar-refractivity contribution in [2.45, 2.75) is 12.5 Å². The standard InChI is InChI=1S/C12H15FN2O2/c1-17-9-2-3-10(11(13)6-9)12(16)15-5-4-8(14)7-15/h2-3,6,8H,4-5,7,14H2,1H3/t8-/m0/s1. The van der Waals surface area contributed by atoms with Crippen LogP contribution in [0.3, 0.4) is 0 Å². The molecule has 0 radical (unpaired) electrons. The van der Waals surface area contributed by atoms with Crippen molar-refractivity contribution < 1.29 is 13.9 Å². The molecule has 1 aliphatic rings. The number of nitrogens with zero attached hydrogens (tertiary/aromatic N) is 1. The molecular weight excluding hydrogens is 223 g/mol. The zero-order chi connectivity index (χ0) is 12.4. The summed E-state index contributed by atoms with van der Waals surface area (Å²) >= 11 is 0. The molecule has 0 spiro atoms. The van der Waals surface area contributed by atoms with Gasteiger partial charge in [0.1, 0.15) is 11.6 Å². The van der Waals surface area contributed by atoms with Gasteiger partial charge in [0.25, 0.3) is 5.91 Å². The van der Waals surface area contributed by atoms with Crippen LogP contribution in [0.15, 0.2) is 18.2 Å². The predicted octanol–water partition coefficient (Wildman–Crippen LogP) is 1.01.